The van der Waals surface area contributed by atoms with Crippen LogP contribution < -0.4 is 15.1 Å². The summed E-state index contributed by atoms with van der Waals surface area (Å²) < 4.78 is 5.22. The summed E-state index contributed by atoms with van der Waals surface area (Å²) in [5.74, 6) is 1.60. The third-order valence-corrected chi connectivity index (χ3v) is 3.57. The van der Waals surface area contributed by atoms with E-state index in [0.717, 1.165) is 30.4 Å². The number of hydrogen-bond donors (Lipinski definition) is 1. The van der Waals surface area contributed by atoms with Crippen LogP contribution >= 0.6 is 0 Å². The first-order valence-electron chi connectivity index (χ1n) is 7.07. The van der Waals surface area contributed by atoms with E-state index in [1.54, 1.807) is 23.4 Å². The average Bonchev–Trinajstić information content (AvgIpc) is 3.05. The number of carbonyl (C=O) groups is 1. The second-order valence-electron chi connectivity index (χ2n) is 4.82. The number of aromatic nitrogens is 1. The molecule has 0 bridgehead atoms. The summed E-state index contributed by atoms with van der Waals surface area (Å²) in [5, 5.41) is 2.88. The van der Waals surface area contributed by atoms with Crippen molar-refractivity contribution in [1.82, 2.24) is 10.3 Å². The number of hydrogen-bond acceptors (Lipinski definition) is 4. The molecule has 0 aliphatic carbocycles. The van der Waals surface area contributed by atoms with E-state index in [0.29, 0.717) is 13.1 Å². The van der Waals surface area contributed by atoms with Crippen LogP contribution in [0.25, 0.3) is 0 Å². The van der Waals surface area contributed by atoms with Crippen LogP contribution in [0.3, 0.4) is 0 Å². The average molecular weight is 286 g/mol. The molecule has 3 heterocycles. The SMILES string of the molecule is CCN1CCN(C(=O)NCc2ccco2)c2cccnc21. The van der Waals surface area contributed by atoms with Crippen molar-refractivity contribution in [3.05, 3.63) is 42.5 Å². The maximum Gasteiger partial charge on any atom is 0.322 e. The van der Waals surface area contributed by atoms with E-state index in [-0.39, 0.29) is 6.03 Å². The van der Waals surface area contributed by atoms with E-state index in [1.807, 2.05) is 18.2 Å². The highest BCUT2D eigenvalue weighted by Gasteiger charge is 2.26. The Labute approximate surface area is 123 Å². The van der Waals surface area contributed by atoms with Crippen LogP contribution in [0.1, 0.15) is 12.7 Å². The first-order valence-corrected chi connectivity index (χ1v) is 7.07. The molecule has 2 aromatic heterocycles. The number of anilines is 2. The van der Waals surface area contributed by atoms with Crippen LogP contribution in [0, 0.1) is 0 Å². The van der Waals surface area contributed by atoms with E-state index in [1.165, 1.54) is 0 Å². The Kier molecular flexibility index (Phi) is 3.77. The molecule has 0 spiro atoms. The summed E-state index contributed by atoms with van der Waals surface area (Å²) in [6, 6.07) is 7.30. The number of nitrogens with zero attached hydrogens (tertiary/aromatic N) is 3. The standard InChI is InChI=1S/C15H18N4O2/c1-2-18-8-9-19(13-6-3-7-16-14(13)18)15(20)17-11-12-5-4-10-21-12/h3-7,10H,2,8-9,11H2,1H3,(H,17,20). The number of urea groups is 1. The first-order chi connectivity index (χ1) is 10.3. The van der Waals surface area contributed by atoms with Gasteiger partial charge in [0.25, 0.3) is 0 Å². The third kappa shape index (κ3) is 2.69. The lowest BCUT2D eigenvalue weighted by Crippen LogP contribution is -2.48. The molecule has 0 unspecified atom stereocenters. The predicted octanol–water partition coefficient (Wildman–Crippen LogP) is 2.23. The Bertz CT molecular complexity index is 612. The molecule has 0 saturated heterocycles. The van der Waals surface area contributed by atoms with Gasteiger partial charge in [0.2, 0.25) is 0 Å². The molecule has 21 heavy (non-hydrogen) atoms. The van der Waals surface area contributed by atoms with E-state index < -0.39 is 0 Å². The highest BCUT2D eigenvalue weighted by molar-refractivity contribution is 5.95. The fourth-order valence-electron chi connectivity index (χ4n) is 2.48. The minimum absolute atomic E-state index is 0.128. The zero-order chi connectivity index (χ0) is 14.7. The van der Waals surface area contributed by atoms with Crippen LogP contribution in [0.4, 0.5) is 16.3 Å². The number of fused-ring (bicyclic) bond motifs is 1. The number of furan rings is 1. The Morgan fingerprint density at radius 1 is 1.38 bits per heavy atom. The lowest BCUT2D eigenvalue weighted by Gasteiger charge is -2.35. The fraction of sp³-hybridized carbons (Fsp3) is 0.333. The highest BCUT2D eigenvalue weighted by Crippen LogP contribution is 2.30. The van der Waals surface area contributed by atoms with E-state index in [9.17, 15) is 4.79 Å². The van der Waals surface area contributed by atoms with Gasteiger partial charge in [-0.1, -0.05) is 0 Å². The Morgan fingerprint density at radius 2 is 2.29 bits per heavy atom. The number of nitrogens with one attached hydrogen (secondary N) is 1. The van der Waals surface area contributed by atoms with Crippen LogP contribution in [0.2, 0.25) is 0 Å². The highest BCUT2D eigenvalue weighted by atomic mass is 16.3. The fourth-order valence-corrected chi connectivity index (χ4v) is 2.48. The van der Waals surface area contributed by atoms with Gasteiger partial charge in [-0.25, -0.2) is 9.78 Å². The van der Waals surface area contributed by atoms with Gasteiger partial charge in [-0.3, -0.25) is 4.90 Å². The van der Waals surface area contributed by atoms with Crippen molar-refractivity contribution in [3.63, 3.8) is 0 Å². The molecular weight excluding hydrogens is 268 g/mol. The molecule has 6 nitrogen and oxygen atoms in total. The van der Waals surface area contributed by atoms with Gasteiger partial charge in [0, 0.05) is 25.8 Å². The number of likely N-dealkylation sites (N-methyl/N-ethyl adjacent to an activating group) is 1. The topological polar surface area (TPSA) is 61.6 Å². The largest absolute Gasteiger partial charge is 0.467 e. The van der Waals surface area contributed by atoms with E-state index >= 15 is 0 Å². The second kappa shape index (κ2) is 5.87. The maximum atomic E-state index is 12.4. The van der Waals surface area contributed by atoms with Gasteiger partial charge in [-0.15, -0.1) is 0 Å². The van der Waals surface area contributed by atoms with Crippen LogP contribution in [0.5, 0.6) is 0 Å². The third-order valence-electron chi connectivity index (χ3n) is 3.57. The Balaban J connectivity index is 1.75. The van der Waals surface area contributed by atoms with Crippen molar-refractivity contribution in [3.8, 4) is 0 Å². The molecule has 0 fully saturated rings. The molecule has 1 aliphatic heterocycles. The summed E-state index contributed by atoms with van der Waals surface area (Å²) >= 11 is 0. The number of rotatable bonds is 3. The van der Waals surface area contributed by atoms with Crippen molar-refractivity contribution in [2.24, 2.45) is 0 Å². The summed E-state index contributed by atoms with van der Waals surface area (Å²) in [4.78, 5) is 20.7. The molecule has 1 N–H and O–H groups in total. The summed E-state index contributed by atoms with van der Waals surface area (Å²) in [6.45, 7) is 4.79. The van der Waals surface area contributed by atoms with Gasteiger partial charge < -0.3 is 14.6 Å². The van der Waals surface area contributed by atoms with Gasteiger partial charge in [0.15, 0.2) is 5.82 Å². The van der Waals surface area contributed by atoms with Crippen LogP contribution in [-0.2, 0) is 6.54 Å². The Hall–Kier alpha value is -2.50. The number of carbonyl (C=O) groups excluding carboxylic acids is 1. The van der Waals surface area contributed by atoms with Crippen LogP contribution in [0.15, 0.2) is 41.1 Å². The molecule has 0 radical (unpaired) electrons. The van der Waals surface area contributed by atoms with Crippen molar-refractivity contribution < 1.29 is 9.21 Å². The van der Waals surface area contributed by atoms with Crippen molar-refractivity contribution in [1.29, 1.82) is 0 Å². The first kappa shape index (κ1) is 13.5. The molecule has 2 amide bonds. The molecule has 2 aromatic rings. The van der Waals surface area contributed by atoms with Crippen molar-refractivity contribution >= 4 is 17.5 Å². The van der Waals surface area contributed by atoms with Gasteiger partial charge in [0.05, 0.1) is 18.5 Å². The lowest BCUT2D eigenvalue weighted by molar-refractivity contribution is 0.245. The molecule has 0 aromatic carbocycles. The van der Waals surface area contributed by atoms with Crippen molar-refractivity contribution in [2.45, 2.75) is 13.5 Å². The van der Waals surface area contributed by atoms with Crippen molar-refractivity contribution in [2.75, 3.05) is 29.4 Å². The minimum Gasteiger partial charge on any atom is -0.467 e. The molecule has 6 heteroatoms. The molecule has 1 aliphatic rings. The summed E-state index contributed by atoms with van der Waals surface area (Å²) in [6.07, 6.45) is 3.35. The Morgan fingerprint density at radius 3 is 3.05 bits per heavy atom. The second-order valence-corrected chi connectivity index (χ2v) is 4.82. The maximum absolute atomic E-state index is 12.4. The molecule has 110 valence electrons. The smallest absolute Gasteiger partial charge is 0.322 e. The normalized spacial score (nSPS) is 14.0. The van der Waals surface area contributed by atoms with Gasteiger partial charge in [-0.2, -0.15) is 0 Å². The van der Waals surface area contributed by atoms with Gasteiger partial charge >= 0.3 is 6.03 Å². The minimum atomic E-state index is -0.128. The van der Waals surface area contributed by atoms with Crippen LogP contribution in [-0.4, -0.2) is 30.6 Å². The van der Waals surface area contributed by atoms with Gasteiger partial charge in [0.1, 0.15) is 5.76 Å². The predicted molar refractivity (Wildman–Crippen MR) is 80.4 cm³/mol. The summed E-state index contributed by atoms with van der Waals surface area (Å²) in [7, 11) is 0. The summed E-state index contributed by atoms with van der Waals surface area (Å²) in [5.41, 5.74) is 0.850. The molecule has 3 rings (SSSR count). The van der Waals surface area contributed by atoms with E-state index in [4.69, 9.17) is 4.42 Å². The molecular formula is C15H18N4O2. The van der Waals surface area contributed by atoms with Gasteiger partial charge in [-0.05, 0) is 31.2 Å². The van der Waals surface area contributed by atoms with E-state index in [2.05, 4.69) is 22.1 Å². The number of amides is 2. The zero-order valence-electron chi connectivity index (χ0n) is 12.0. The monoisotopic (exact) mass is 286 g/mol. The zero-order valence-corrected chi connectivity index (χ0v) is 12.0. The number of pyridine rings is 1. The quantitative estimate of drug-likeness (QED) is 0.940. The molecule has 0 atom stereocenters. The molecule has 0 saturated carbocycles. The lowest BCUT2D eigenvalue weighted by atomic mass is 10.2.